The number of carbonyl (C=O) groups is 3. The van der Waals surface area contributed by atoms with Crippen LogP contribution in [-0.4, -0.2) is 40.1 Å². The van der Waals surface area contributed by atoms with Crippen LogP contribution in [0, 0.1) is 5.92 Å². The van der Waals surface area contributed by atoms with Crippen LogP contribution in [0.25, 0.3) is 6.08 Å². The van der Waals surface area contributed by atoms with E-state index in [4.69, 9.17) is 11.6 Å². The van der Waals surface area contributed by atoms with Crippen LogP contribution in [0.2, 0.25) is 5.02 Å². The second-order valence-electron chi connectivity index (χ2n) is 5.68. The Hall–Kier alpha value is -1.99. The molecule has 1 heterocycles. The van der Waals surface area contributed by atoms with E-state index in [0.29, 0.717) is 12.1 Å². The fraction of sp³-hybridized carbons (Fsp3) is 0.312. The number of amides is 3. The predicted molar refractivity (Wildman–Crippen MR) is 93.6 cm³/mol. The van der Waals surface area contributed by atoms with Crippen LogP contribution in [0.5, 0.6) is 5.75 Å². The summed E-state index contributed by atoms with van der Waals surface area (Å²) in [6, 6.07) is 4.46. The highest BCUT2D eigenvalue weighted by atomic mass is 35.5. The molecule has 1 saturated heterocycles. The van der Waals surface area contributed by atoms with Gasteiger partial charge in [-0.3, -0.25) is 19.3 Å². The van der Waals surface area contributed by atoms with E-state index in [1.165, 1.54) is 18.2 Å². The van der Waals surface area contributed by atoms with Crippen molar-refractivity contribution in [3.63, 3.8) is 0 Å². The van der Waals surface area contributed by atoms with Crippen LogP contribution < -0.4 is 5.32 Å². The van der Waals surface area contributed by atoms with Crippen molar-refractivity contribution >= 4 is 46.5 Å². The molecule has 0 aliphatic carbocycles. The maximum absolute atomic E-state index is 12.3. The first-order valence-corrected chi connectivity index (χ1v) is 8.48. The van der Waals surface area contributed by atoms with Gasteiger partial charge in [0.05, 0.1) is 9.93 Å². The summed E-state index contributed by atoms with van der Waals surface area (Å²) < 4.78 is 0. The Morgan fingerprint density at radius 2 is 2.12 bits per heavy atom. The summed E-state index contributed by atoms with van der Waals surface area (Å²) in [5.74, 6) is -0.680. The molecule has 0 unspecified atom stereocenters. The van der Waals surface area contributed by atoms with Crippen molar-refractivity contribution < 1.29 is 19.5 Å². The van der Waals surface area contributed by atoms with Gasteiger partial charge in [0, 0.05) is 6.54 Å². The Bertz CT molecular complexity index is 718. The molecule has 128 valence electrons. The van der Waals surface area contributed by atoms with Crippen molar-refractivity contribution in [2.24, 2.45) is 5.92 Å². The van der Waals surface area contributed by atoms with Crippen molar-refractivity contribution in [3.8, 4) is 5.75 Å². The van der Waals surface area contributed by atoms with Gasteiger partial charge >= 0.3 is 0 Å². The molecule has 0 atom stereocenters. The molecule has 1 fully saturated rings. The number of thioether (sulfide) groups is 1. The zero-order valence-corrected chi connectivity index (χ0v) is 14.8. The quantitative estimate of drug-likeness (QED) is 0.780. The molecule has 6 nitrogen and oxygen atoms in total. The van der Waals surface area contributed by atoms with E-state index in [1.54, 1.807) is 6.07 Å². The third kappa shape index (κ3) is 4.52. The highest BCUT2D eigenvalue weighted by Crippen LogP contribution is 2.33. The van der Waals surface area contributed by atoms with Crippen molar-refractivity contribution in [3.05, 3.63) is 33.7 Å². The van der Waals surface area contributed by atoms with E-state index in [0.717, 1.165) is 16.7 Å². The number of carbonyl (C=O) groups excluding carboxylic acids is 3. The number of aromatic hydroxyl groups is 1. The Labute approximate surface area is 148 Å². The molecule has 8 heteroatoms. The molecule has 0 spiro atoms. The number of nitrogens with one attached hydrogen (secondary N) is 1. The molecule has 24 heavy (non-hydrogen) atoms. The monoisotopic (exact) mass is 368 g/mol. The van der Waals surface area contributed by atoms with Crippen molar-refractivity contribution in [2.75, 3.05) is 13.1 Å². The number of hydrogen-bond donors (Lipinski definition) is 2. The van der Waals surface area contributed by atoms with Crippen LogP contribution in [0.3, 0.4) is 0 Å². The standard InChI is InChI=1S/C16H17ClN2O4S/c1-9(2)7-18-14(21)8-19-15(22)13(24-16(19)23)6-10-3-4-12(20)11(17)5-10/h3-6,9,20H,7-8H2,1-2H3,(H,18,21)/b13-6-. The Morgan fingerprint density at radius 1 is 1.42 bits per heavy atom. The first-order chi connectivity index (χ1) is 11.3. The summed E-state index contributed by atoms with van der Waals surface area (Å²) >= 11 is 6.59. The number of phenolic OH excluding ortho intramolecular Hbond substituents is 1. The van der Waals surface area contributed by atoms with Crippen molar-refractivity contribution in [1.29, 1.82) is 0 Å². The largest absolute Gasteiger partial charge is 0.506 e. The maximum atomic E-state index is 12.3. The van der Waals surface area contributed by atoms with Crippen LogP contribution in [0.4, 0.5) is 4.79 Å². The molecule has 1 aromatic rings. The molecular weight excluding hydrogens is 352 g/mol. The summed E-state index contributed by atoms with van der Waals surface area (Å²) in [7, 11) is 0. The van der Waals surface area contributed by atoms with E-state index >= 15 is 0 Å². The summed E-state index contributed by atoms with van der Waals surface area (Å²) in [6.45, 7) is 4.08. The lowest BCUT2D eigenvalue weighted by Crippen LogP contribution is -2.40. The lowest BCUT2D eigenvalue weighted by Gasteiger charge is -2.13. The summed E-state index contributed by atoms with van der Waals surface area (Å²) in [6.07, 6.45) is 1.50. The van der Waals surface area contributed by atoms with Crippen molar-refractivity contribution in [1.82, 2.24) is 10.2 Å². The Morgan fingerprint density at radius 3 is 2.75 bits per heavy atom. The maximum Gasteiger partial charge on any atom is 0.294 e. The number of phenols is 1. The van der Waals surface area contributed by atoms with Crippen LogP contribution in [0.1, 0.15) is 19.4 Å². The van der Waals surface area contributed by atoms with Gasteiger partial charge in [-0.05, 0) is 41.5 Å². The number of halogens is 1. The van der Waals surface area contributed by atoms with Gasteiger partial charge in [-0.25, -0.2) is 0 Å². The minimum absolute atomic E-state index is 0.0660. The molecule has 0 saturated carbocycles. The lowest BCUT2D eigenvalue weighted by atomic mass is 10.2. The summed E-state index contributed by atoms with van der Waals surface area (Å²) in [4.78, 5) is 37.2. The topological polar surface area (TPSA) is 86.7 Å². The third-order valence-corrected chi connectivity index (χ3v) is 4.36. The van der Waals surface area contributed by atoms with E-state index in [2.05, 4.69) is 5.32 Å². The Kier molecular flexibility index (Phi) is 5.90. The minimum atomic E-state index is -0.520. The number of imide groups is 1. The van der Waals surface area contributed by atoms with Gasteiger partial charge in [-0.15, -0.1) is 0 Å². The zero-order valence-electron chi connectivity index (χ0n) is 13.2. The second-order valence-corrected chi connectivity index (χ2v) is 7.08. The second kappa shape index (κ2) is 7.72. The predicted octanol–water partition coefficient (Wildman–Crippen LogP) is 2.85. The molecule has 3 amide bonds. The lowest BCUT2D eigenvalue weighted by molar-refractivity contribution is -0.129. The van der Waals surface area contributed by atoms with E-state index in [1.807, 2.05) is 13.8 Å². The van der Waals surface area contributed by atoms with Crippen LogP contribution in [0.15, 0.2) is 23.1 Å². The molecule has 1 aliphatic rings. The van der Waals surface area contributed by atoms with Gasteiger partial charge < -0.3 is 10.4 Å². The van der Waals surface area contributed by atoms with Gasteiger partial charge in [0.1, 0.15) is 12.3 Å². The Balaban J connectivity index is 2.09. The molecule has 0 radical (unpaired) electrons. The number of benzene rings is 1. The number of hydrogen-bond acceptors (Lipinski definition) is 5. The minimum Gasteiger partial charge on any atom is -0.506 e. The molecular formula is C16H17ClN2O4S. The molecule has 2 rings (SSSR count). The third-order valence-electron chi connectivity index (χ3n) is 3.15. The SMILES string of the molecule is CC(C)CNC(=O)CN1C(=O)S/C(=C\c2ccc(O)c(Cl)c2)C1=O. The van der Waals surface area contributed by atoms with E-state index in [-0.39, 0.29) is 34.0 Å². The highest BCUT2D eigenvalue weighted by Gasteiger charge is 2.36. The van der Waals surface area contributed by atoms with Gasteiger partial charge in [-0.2, -0.15) is 0 Å². The highest BCUT2D eigenvalue weighted by molar-refractivity contribution is 8.18. The fourth-order valence-corrected chi connectivity index (χ4v) is 2.95. The van der Waals surface area contributed by atoms with Crippen LogP contribution >= 0.6 is 23.4 Å². The van der Waals surface area contributed by atoms with Gasteiger partial charge in [-0.1, -0.05) is 31.5 Å². The van der Waals surface area contributed by atoms with Crippen LogP contribution in [-0.2, 0) is 9.59 Å². The smallest absolute Gasteiger partial charge is 0.294 e. The van der Waals surface area contributed by atoms with Gasteiger partial charge in [0.25, 0.3) is 11.1 Å². The molecule has 1 aromatic carbocycles. The average molecular weight is 369 g/mol. The fourth-order valence-electron chi connectivity index (χ4n) is 1.92. The molecule has 1 aliphatic heterocycles. The average Bonchev–Trinajstić information content (AvgIpc) is 2.76. The summed E-state index contributed by atoms with van der Waals surface area (Å²) in [5.41, 5.74) is 0.576. The summed E-state index contributed by atoms with van der Waals surface area (Å²) in [5, 5.41) is 11.7. The van der Waals surface area contributed by atoms with Gasteiger partial charge in [0.15, 0.2) is 0 Å². The number of rotatable bonds is 5. The zero-order chi connectivity index (χ0) is 17.9. The first kappa shape index (κ1) is 18.4. The molecule has 2 N–H and O–H groups in total. The van der Waals surface area contributed by atoms with E-state index < -0.39 is 11.1 Å². The van der Waals surface area contributed by atoms with Gasteiger partial charge in [0.2, 0.25) is 5.91 Å². The normalized spacial score (nSPS) is 16.3. The molecule has 0 aromatic heterocycles. The van der Waals surface area contributed by atoms with Crippen molar-refractivity contribution in [2.45, 2.75) is 13.8 Å². The first-order valence-electron chi connectivity index (χ1n) is 7.28. The van der Waals surface area contributed by atoms with E-state index in [9.17, 15) is 19.5 Å². The number of nitrogens with zero attached hydrogens (tertiary/aromatic N) is 1. The molecule has 0 bridgehead atoms.